The molecule has 0 spiro atoms. The van der Waals surface area contributed by atoms with Crippen molar-refractivity contribution in [1.29, 1.82) is 0 Å². The van der Waals surface area contributed by atoms with Gasteiger partial charge in [-0.3, -0.25) is 4.98 Å². The molecule has 7 aromatic carbocycles. The molecule has 0 N–H and O–H groups in total. The van der Waals surface area contributed by atoms with E-state index in [-0.39, 0.29) is 0 Å². The number of para-hydroxylation sites is 4. The van der Waals surface area contributed by atoms with Crippen molar-refractivity contribution >= 4 is 32.8 Å². The molecule has 0 atom stereocenters. The second kappa shape index (κ2) is 15.6. The van der Waals surface area contributed by atoms with Gasteiger partial charge in [-0.15, -0.1) is 0 Å². The van der Waals surface area contributed by atoms with Crippen LogP contribution in [0.3, 0.4) is 0 Å². The van der Waals surface area contributed by atoms with Crippen molar-refractivity contribution < 1.29 is 24.1 Å². The molecule has 11 rings (SSSR count). The van der Waals surface area contributed by atoms with Gasteiger partial charge in [0.1, 0.15) is 0 Å². The van der Waals surface area contributed by atoms with Crippen LogP contribution in [0.15, 0.2) is 201 Å². The average molecular weight is 981 g/mol. The summed E-state index contributed by atoms with van der Waals surface area (Å²) in [5.41, 5.74) is 15.6. The van der Waals surface area contributed by atoms with E-state index < -0.39 is 0 Å². The maximum absolute atomic E-state index is 6.77. The summed E-state index contributed by atoms with van der Waals surface area (Å²) >= 11 is 2.49. The van der Waals surface area contributed by atoms with E-state index in [1.807, 2.05) is 24.7 Å². The first-order valence-electron chi connectivity index (χ1n) is 20.6. The molecule has 300 valence electrons. The van der Waals surface area contributed by atoms with Gasteiger partial charge < -0.3 is 0 Å². The molecule has 0 bridgehead atoms. The minimum Gasteiger partial charge on any atom is 0.0371 e. The standard InChI is InChI=1S/C55H39N5O.Pt/c1-37-33-56-34-38(2)54(37)41-27-30-53(57-35-41)60-49-24-10-9-21-47(49)48-29-28-44(32-52(48)60)61-43-20-13-19-42(31-43)58-36-59(51-26-12-11-25-50(51)58)55-45(39-15-5-3-6-16-39)22-14-23-46(55)40-17-7-4-8-18-40;/h3-35H,1-2H3;. The third-order valence-electron chi connectivity index (χ3n) is 11.7. The first-order valence-corrected chi connectivity index (χ1v) is 21.8. The van der Waals surface area contributed by atoms with Crippen LogP contribution in [0, 0.1) is 17.7 Å². The van der Waals surface area contributed by atoms with Gasteiger partial charge in [0.2, 0.25) is 0 Å². The molecule has 62 heavy (non-hydrogen) atoms. The second-order valence-corrected chi connectivity index (χ2v) is 16.5. The number of nitrogens with zero attached hydrogens (tertiary/aromatic N) is 5. The number of imidazole rings is 1. The molecule has 0 aliphatic rings. The summed E-state index contributed by atoms with van der Waals surface area (Å²) < 4.78 is 14.8. The quantitative estimate of drug-likeness (QED) is 0.152. The van der Waals surface area contributed by atoms with E-state index in [0.29, 0.717) is 0 Å². The Balaban J connectivity index is 1.01. The fraction of sp³-hybridized carbons (Fsp3) is 0.0364. The van der Waals surface area contributed by atoms with Crippen molar-refractivity contribution in [1.82, 2.24) is 23.7 Å². The van der Waals surface area contributed by atoms with E-state index in [1.165, 1.54) is 5.56 Å². The summed E-state index contributed by atoms with van der Waals surface area (Å²) in [4.78, 5) is 9.41. The number of benzene rings is 7. The number of aryl methyl sites for hydroxylation is 2. The molecule has 11 aromatic rings. The van der Waals surface area contributed by atoms with Gasteiger partial charge in [0.05, 0.1) is 0 Å². The van der Waals surface area contributed by atoms with Crippen molar-refractivity contribution in [2.24, 2.45) is 0 Å². The topological polar surface area (TPSA) is 49.8 Å². The summed E-state index contributed by atoms with van der Waals surface area (Å²) in [5.74, 6) is 2.32. The predicted octanol–water partition coefficient (Wildman–Crippen LogP) is 13.8. The molecule has 7 heteroatoms. The van der Waals surface area contributed by atoms with Crippen LogP contribution >= 0.6 is 0 Å². The number of ether oxygens (including phenoxy) is 1. The van der Waals surface area contributed by atoms with Crippen LogP contribution in [0.25, 0.3) is 83.4 Å². The first kappa shape index (κ1) is 37.6. The monoisotopic (exact) mass is 980 g/mol. The predicted molar refractivity (Wildman–Crippen MR) is 248 cm³/mol. The van der Waals surface area contributed by atoms with Gasteiger partial charge >= 0.3 is 294 Å². The molecule has 0 fully saturated rings. The fourth-order valence-electron chi connectivity index (χ4n) is 8.96. The Hall–Kier alpha value is -7.40. The van der Waals surface area contributed by atoms with Crippen molar-refractivity contribution in [3.63, 3.8) is 0 Å². The number of fused-ring (bicyclic) bond motifs is 4. The van der Waals surface area contributed by atoms with Crippen LogP contribution in [0.4, 0.5) is 0 Å². The van der Waals surface area contributed by atoms with Crippen molar-refractivity contribution in [3.05, 3.63) is 216 Å². The summed E-state index contributed by atoms with van der Waals surface area (Å²) in [6.45, 7) is 4.19. The Morgan fingerprint density at radius 1 is 0.452 bits per heavy atom. The maximum atomic E-state index is 6.77. The molecule has 0 unspecified atom stereocenters. The van der Waals surface area contributed by atoms with Gasteiger partial charge in [0, 0.05) is 24.2 Å². The second-order valence-electron chi connectivity index (χ2n) is 15.5. The Morgan fingerprint density at radius 2 is 1.05 bits per heavy atom. The Morgan fingerprint density at radius 3 is 1.73 bits per heavy atom. The summed E-state index contributed by atoms with van der Waals surface area (Å²) in [6.07, 6.45) is 5.79. The molecule has 6 nitrogen and oxygen atoms in total. The zero-order chi connectivity index (χ0) is 41.7. The zero-order valence-corrected chi connectivity index (χ0v) is 36.3. The van der Waals surface area contributed by atoms with Crippen molar-refractivity contribution in [3.8, 4) is 62.1 Å². The average Bonchev–Trinajstić information content (AvgIpc) is 3.80. The van der Waals surface area contributed by atoms with Crippen LogP contribution in [0.1, 0.15) is 11.1 Å². The van der Waals surface area contributed by atoms with E-state index in [0.717, 1.165) is 104 Å². The molecule has 0 aliphatic heterocycles. The molecule has 4 heterocycles. The third-order valence-corrected chi connectivity index (χ3v) is 12.7. The Bertz CT molecular complexity index is 3450. The van der Waals surface area contributed by atoms with E-state index in [2.05, 4.69) is 228 Å². The first-order chi connectivity index (χ1) is 30.5. The van der Waals surface area contributed by atoms with Gasteiger partial charge in [0.15, 0.2) is 0 Å². The minimum atomic E-state index is 0.741. The normalized spacial score (nSPS) is 11.5. The molecule has 4 aromatic heterocycles. The molecule has 0 amide bonds. The van der Waals surface area contributed by atoms with Gasteiger partial charge in [-0.2, -0.15) is 0 Å². The van der Waals surface area contributed by atoms with Crippen LogP contribution in [-0.4, -0.2) is 23.7 Å². The van der Waals surface area contributed by atoms with E-state index >= 15 is 0 Å². The van der Waals surface area contributed by atoms with Gasteiger partial charge in [-0.25, -0.2) is 0 Å². The van der Waals surface area contributed by atoms with E-state index in [1.54, 1.807) is 0 Å². The van der Waals surface area contributed by atoms with Crippen LogP contribution in [-0.2, 0) is 19.4 Å². The fourth-order valence-corrected chi connectivity index (χ4v) is 10.1. The van der Waals surface area contributed by atoms with Crippen molar-refractivity contribution in [2.75, 3.05) is 0 Å². The summed E-state index contributed by atoms with van der Waals surface area (Å²) in [6, 6.07) is 64.1. The smallest absolute Gasteiger partial charge is 0.0371 e. The van der Waals surface area contributed by atoms with E-state index in [9.17, 15) is 0 Å². The van der Waals surface area contributed by atoms with Gasteiger partial charge in [-0.1, -0.05) is 12.1 Å². The zero-order valence-electron chi connectivity index (χ0n) is 34.0. The molecule has 0 radical (unpaired) electrons. The molecule has 0 saturated heterocycles. The number of pyridine rings is 2. The van der Waals surface area contributed by atoms with E-state index in [4.69, 9.17) is 9.72 Å². The summed E-state index contributed by atoms with van der Waals surface area (Å²) in [7, 11) is 0. The van der Waals surface area contributed by atoms with Crippen LogP contribution < -0.4 is 4.74 Å². The molecule has 0 aliphatic carbocycles. The van der Waals surface area contributed by atoms with Gasteiger partial charge in [0.25, 0.3) is 0 Å². The number of hydrogen-bond donors (Lipinski definition) is 0. The Kier molecular flexibility index (Phi) is 9.44. The molecular formula is C55H39N5OPt. The molecular weight excluding hydrogens is 942 g/mol. The SMILES string of the molecule is Cc1cncc(C)c1-c1ccc(-n2c3ccccc3c3ccc(Oc4cccc(-n5[c](=[Pt])n(-c6c(-c7ccccc7)cccc6-c6ccccc6)c6ccccc65)c4)cc32)nc1. The van der Waals surface area contributed by atoms with Gasteiger partial charge in [-0.05, 0) is 36.6 Å². The molecule has 0 saturated carbocycles. The minimum absolute atomic E-state index is 0.741. The third kappa shape index (κ3) is 6.43. The number of rotatable bonds is 8. The number of hydrogen-bond acceptors (Lipinski definition) is 3. The Labute approximate surface area is 370 Å². The van der Waals surface area contributed by atoms with Crippen molar-refractivity contribution in [2.45, 2.75) is 13.8 Å². The number of aromatic nitrogens is 5. The summed E-state index contributed by atoms with van der Waals surface area (Å²) in [5, 5.41) is 2.30. The van der Waals surface area contributed by atoms with Crippen LogP contribution in [0.5, 0.6) is 11.5 Å². The van der Waals surface area contributed by atoms with Crippen LogP contribution in [0.2, 0.25) is 0 Å².